The number of hydrogen-bond acceptors (Lipinski definition) is 3. The highest BCUT2D eigenvalue weighted by Crippen LogP contribution is 2.32. The molecular formula is C14H22N2O4. The normalized spacial score (nSPS) is 25.9. The van der Waals surface area contributed by atoms with Crippen molar-refractivity contribution in [3.63, 3.8) is 0 Å². The van der Waals surface area contributed by atoms with E-state index in [1.807, 2.05) is 6.92 Å². The molecule has 2 amide bonds. The Morgan fingerprint density at radius 2 is 1.95 bits per heavy atom. The molecule has 6 nitrogen and oxygen atoms in total. The zero-order valence-corrected chi connectivity index (χ0v) is 12.1. The lowest BCUT2D eigenvalue weighted by Crippen LogP contribution is -2.47. The lowest BCUT2D eigenvalue weighted by atomic mass is 9.80. The molecule has 0 aromatic heterocycles. The third-order valence-corrected chi connectivity index (χ3v) is 4.64. The summed E-state index contributed by atoms with van der Waals surface area (Å²) in [6, 6.07) is 0. The molecule has 2 fully saturated rings. The van der Waals surface area contributed by atoms with Crippen LogP contribution in [0.1, 0.15) is 33.1 Å². The molecule has 0 aromatic rings. The van der Waals surface area contributed by atoms with Crippen LogP contribution >= 0.6 is 0 Å². The van der Waals surface area contributed by atoms with E-state index in [-0.39, 0.29) is 17.7 Å². The molecule has 2 aliphatic rings. The molecule has 20 heavy (non-hydrogen) atoms. The number of carbonyl (C=O) groups excluding carboxylic acids is 2. The van der Waals surface area contributed by atoms with E-state index in [2.05, 4.69) is 0 Å². The van der Waals surface area contributed by atoms with Crippen LogP contribution in [0, 0.1) is 11.3 Å². The van der Waals surface area contributed by atoms with E-state index >= 15 is 0 Å². The molecule has 1 N–H and O–H groups in total. The van der Waals surface area contributed by atoms with E-state index in [4.69, 9.17) is 0 Å². The molecule has 2 heterocycles. The fraction of sp³-hybridized carbons (Fsp3) is 0.786. The van der Waals surface area contributed by atoms with Gasteiger partial charge in [0.1, 0.15) is 0 Å². The maximum Gasteiger partial charge on any atom is 0.309 e. The van der Waals surface area contributed by atoms with Crippen molar-refractivity contribution in [3.8, 4) is 0 Å². The Balaban J connectivity index is 1.93. The number of carboxylic acid groups (broad SMARTS) is 1. The topological polar surface area (TPSA) is 77.9 Å². The summed E-state index contributed by atoms with van der Waals surface area (Å²) >= 11 is 0. The standard InChI is InChI=1S/C14H22N2O4/c1-3-15-9-10(8-11(15)17)12(18)16-6-4-14(2,5-7-16)13(19)20/h10H,3-9H2,1-2H3,(H,19,20). The molecule has 112 valence electrons. The highest BCUT2D eigenvalue weighted by molar-refractivity contribution is 5.89. The van der Waals surface area contributed by atoms with Gasteiger partial charge < -0.3 is 14.9 Å². The van der Waals surface area contributed by atoms with Crippen LogP contribution < -0.4 is 0 Å². The largest absolute Gasteiger partial charge is 0.481 e. The van der Waals surface area contributed by atoms with Crippen LogP contribution in [0.25, 0.3) is 0 Å². The molecule has 0 spiro atoms. The van der Waals surface area contributed by atoms with E-state index in [0.717, 1.165) is 0 Å². The molecule has 2 rings (SSSR count). The van der Waals surface area contributed by atoms with Gasteiger partial charge >= 0.3 is 5.97 Å². The Bertz CT molecular complexity index is 427. The van der Waals surface area contributed by atoms with Crippen molar-refractivity contribution in [2.75, 3.05) is 26.2 Å². The van der Waals surface area contributed by atoms with Gasteiger partial charge in [0, 0.05) is 32.6 Å². The first-order valence-electron chi connectivity index (χ1n) is 7.17. The smallest absolute Gasteiger partial charge is 0.309 e. The van der Waals surface area contributed by atoms with Crippen molar-refractivity contribution in [1.29, 1.82) is 0 Å². The first-order valence-corrected chi connectivity index (χ1v) is 7.17. The maximum absolute atomic E-state index is 12.4. The van der Waals surface area contributed by atoms with Gasteiger partial charge in [-0.2, -0.15) is 0 Å². The van der Waals surface area contributed by atoms with E-state index in [9.17, 15) is 19.5 Å². The van der Waals surface area contributed by atoms with Crippen molar-refractivity contribution >= 4 is 17.8 Å². The molecule has 0 aliphatic carbocycles. The number of amides is 2. The Labute approximate surface area is 118 Å². The van der Waals surface area contributed by atoms with Crippen molar-refractivity contribution in [2.24, 2.45) is 11.3 Å². The van der Waals surface area contributed by atoms with Crippen LogP contribution in [0.2, 0.25) is 0 Å². The summed E-state index contributed by atoms with van der Waals surface area (Å²) in [4.78, 5) is 38.7. The van der Waals surface area contributed by atoms with Crippen LogP contribution in [0.15, 0.2) is 0 Å². The minimum Gasteiger partial charge on any atom is -0.481 e. The van der Waals surface area contributed by atoms with Gasteiger partial charge in [0.2, 0.25) is 11.8 Å². The van der Waals surface area contributed by atoms with Crippen molar-refractivity contribution in [2.45, 2.75) is 33.1 Å². The average Bonchev–Trinajstić information content (AvgIpc) is 2.80. The van der Waals surface area contributed by atoms with E-state index in [1.54, 1.807) is 16.7 Å². The Hall–Kier alpha value is -1.59. The van der Waals surface area contributed by atoms with Crippen LogP contribution in [0.5, 0.6) is 0 Å². The highest BCUT2D eigenvalue weighted by Gasteiger charge is 2.41. The van der Waals surface area contributed by atoms with Crippen molar-refractivity contribution in [1.82, 2.24) is 9.80 Å². The molecule has 2 saturated heterocycles. The molecule has 1 atom stereocenters. The summed E-state index contributed by atoms with van der Waals surface area (Å²) in [5.41, 5.74) is -0.724. The van der Waals surface area contributed by atoms with Gasteiger partial charge in [0.05, 0.1) is 11.3 Å². The predicted octanol–water partition coefficient (Wildman–Crippen LogP) is 0.568. The van der Waals surface area contributed by atoms with Gasteiger partial charge in [-0.3, -0.25) is 14.4 Å². The molecule has 2 aliphatic heterocycles. The molecule has 0 bridgehead atoms. The monoisotopic (exact) mass is 282 g/mol. The number of piperidine rings is 1. The van der Waals surface area contributed by atoms with Crippen LogP contribution in [0.4, 0.5) is 0 Å². The van der Waals surface area contributed by atoms with Gasteiger partial charge in [0.15, 0.2) is 0 Å². The fourth-order valence-corrected chi connectivity index (χ4v) is 2.94. The molecule has 0 saturated carbocycles. The molecule has 0 aromatic carbocycles. The van der Waals surface area contributed by atoms with E-state index in [0.29, 0.717) is 45.4 Å². The molecule has 0 radical (unpaired) electrons. The minimum absolute atomic E-state index is 0.00161. The minimum atomic E-state index is -0.794. The van der Waals surface area contributed by atoms with Gasteiger partial charge in [-0.1, -0.05) is 0 Å². The summed E-state index contributed by atoms with van der Waals surface area (Å²) in [6.45, 7) is 5.72. The van der Waals surface area contributed by atoms with Crippen LogP contribution in [-0.4, -0.2) is 58.9 Å². The number of rotatable bonds is 3. The second kappa shape index (κ2) is 5.42. The number of carbonyl (C=O) groups is 3. The Morgan fingerprint density at radius 1 is 1.35 bits per heavy atom. The molecule has 6 heteroatoms. The average molecular weight is 282 g/mol. The Morgan fingerprint density at radius 3 is 2.40 bits per heavy atom. The van der Waals surface area contributed by atoms with E-state index < -0.39 is 11.4 Å². The lowest BCUT2D eigenvalue weighted by molar-refractivity contribution is -0.153. The number of aliphatic carboxylic acids is 1. The third-order valence-electron chi connectivity index (χ3n) is 4.64. The van der Waals surface area contributed by atoms with Crippen molar-refractivity contribution < 1.29 is 19.5 Å². The number of nitrogens with zero attached hydrogens (tertiary/aromatic N) is 2. The summed E-state index contributed by atoms with van der Waals surface area (Å²) in [7, 11) is 0. The lowest BCUT2D eigenvalue weighted by Gasteiger charge is -2.37. The van der Waals surface area contributed by atoms with E-state index in [1.165, 1.54) is 0 Å². The quantitative estimate of drug-likeness (QED) is 0.821. The number of likely N-dealkylation sites (tertiary alicyclic amines) is 2. The number of hydrogen-bond donors (Lipinski definition) is 1. The Kier molecular flexibility index (Phi) is 4.01. The highest BCUT2D eigenvalue weighted by atomic mass is 16.4. The zero-order chi connectivity index (χ0) is 14.9. The molecular weight excluding hydrogens is 260 g/mol. The predicted molar refractivity (Wildman–Crippen MR) is 71.9 cm³/mol. The van der Waals surface area contributed by atoms with Gasteiger partial charge in [-0.15, -0.1) is 0 Å². The number of carboxylic acids is 1. The fourth-order valence-electron chi connectivity index (χ4n) is 2.94. The van der Waals surface area contributed by atoms with Crippen LogP contribution in [0.3, 0.4) is 0 Å². The second-order valence-corrected chi connectivity index (χ2v) is 6.02. The summed E-state index contributed by atoms with van der Waals surface area (Å²) in [6.07, 6.45) is 1.25. The first-order chi connectivity index (χ1) is 9.37. The summed E-state index contributed by atoms with van der Waals surface area (Å²) in [5, 5.41) is 9.18. The van der Waals surface area contributed by atoms with Crippen molar-refractivity contribution in [3.05, 3.63) is 0 Å². The van der Waals surface area contributed by atoms with Crippen LogP contribution in [-0.2, 0) is 14.4 Å². The third kappa shape index (κ3) is 2.64. The zero-order valence-electron chi connectivity index (χ0n) is 12.1. The summed E-state index contributed by atoms with van der Waals surface area (Å²) < 4.78 is 0. The molecule has 1 unspecified atom stereocenters. The second-order valence-electron chi connectivity index (χ2n) is 6.02. The van der Waals surface area contributed by atoms with Gasteiger partial charge in [-0.05, 0) is 26.7 Å². The first kappa shape index (κ1) is 14.8. The summed E-state index contributed by atoms with van der Waals surface area (Å²) in [5.74, 6) is -1.01. The SMILES string of the molecule is CCN1CC(C(=O)N2CCC(C)(C(=O)O)CC2)CC1=O. The maximum atomic E-state index is 12.4. The van der Waals surface area contributed by atoms with Gasteiger partial charge in [-0.25, -0.2) is 0 Å². The van der Waals surface area contributed by atoms with Gasteiger partial charge in [0.25, 0.3) is 0 Å².